The van der Waals surface area contributed by atoms with Crippen molar-refractivity contribution in [2.45, 2.75) is 25.8 Å². The maximum Gasteiger partial charge on any atom is 0.220 e. The first-order valence-corrected chi connectivity index (χ1v) is 7.03. The molecule has 1 amide bonds. The van der Waals surface area contributed by atoms with Crippen LogP contribution < -0.4 is 11.1 Å². The van der Waals surface area contributed by atoms with E-state index in [0.717, 1.165) is 16.3 Å². The number of hydrogen-bond donors (Lipinski definition) is 2. The van der Waals surface area contributed by atoms with Crippen LogP contribution in [0.25, 0.3) is 0 Å². The molecule has 0 saturated heterocycles. The van der Waals surface area contributed by atoms with Gasteiger partial charge in [0.2, 0.25) is 5.91 Å². The lowest BCUT2D eigenvalue weighted by Gasteiger charge is -2.11. The first-order valence-electron chi connectivity index (χ1n) is 6.15. The van der Waals surface area contributed by atoms with E-state index in [2.05, 4.69) is 10.3 Å². The Bertz CT molecular complexity index is 522. The second-order valence-corrected chi connectivity index (χ2v) is 5.45. The number of nitrogens with two attached hydrogens (primary N) is 1. The summed E-state index contributed by atoms with van der Waals surface area (Å²) in [4.78, 5) is 16.0. The minimum atomic E-state index is 0.0412. The van der Waals surface area contributed by atoms with Crippen LogP contribution in [-0.4, -0.2) is 10.9 Å². The Morgan fingerprint density at radius 1 is 1.42 bits per heavy atom. The molecular weight excluding hydrogens is 258 g/mol. The molecule has 0 aliphatic carbocycles. The summed E-state index contributed by atoms with van der Waals surface area (Å²) < 4.78 is 0. The standard InChI is InChI=1S/C14H17N3OS/c1-10(11-2-4-12(15)5-3-11)8-13(18)17-9-14-16-6-7-19-14/h2-7,10H,8-9,15H2,1H3,(H,17,18). The first-order chi connectivity index (χ1) is 9.15. The molecule has 1 heterocycles. The molecule has 2 aromatic rings. The van der Waals surface area contributed by atoms with E-state index in [4.69, 9.17) is 5.73 Å². The quantitative estimate of drug-likeness (QED) is 0.824. The minimum absolute atomic E-state index is 0.0412. The summed E-state index contributed by atoms with van der Waals surface area (Å²) in [6.45, 7) is 2.54. The van der Waals surface area contributed by atoms with E-state index in [1.807, 2.05) is 36.6 Å². The van der Waals surface area contributed by atoms with Crippen LogP contribution in [0.15, 0.2) is 35.8 Å². The highest BCUT2D eigenvalue weighted by molar-refractivity contribution is 7.09. The molecule has 1 aromatic heterocycles. The van der Waals surface area contributed by atoms with Crippen molar-refractivity contribution in [3.8, 4) is 0 Å². The van der Waals surface area contributed by atoms with E-state index >= 15 is 0 Å². The Balaban J connectivity index is 1.83. The van der Waals surface area contributed by atoms with Crippen LogP contribution in [0, 0.1) is 0 Å². The van der Waals surface area contributed by atoms with Crippen molar-refractivity contribution in [2.24, 2.45) is 0 Å². The summed E-state index contributed by atoms with van der Waals surface area (Å²) in [5.74, 6) is 0.219. The highest BCUT2D eigenvalue weighted by atomic mass is 32.1. The van der Waals surface area contributed by atoms with Crippen molar-refractivity contribution in [1.82, 2.24) is 10.3 Å². The number of carbonyl (C=O) groups excluding carboxylic acids is 1. The summed E-state index contributed by atoms with van der Waals surface area (Å²) in [6.07, 6.45) is 2.21. The van der Waals surface area contributed by atoms with Crippen LogP contribution in [0.1, 0.15) is 29.8 Å². The smallest absolute Gasteiger partial charge is 0.220 e. The van der Waals surface area contributed by atoms with Gasteiger partial charge in [0.05, 0.1) is 6.54 Å². The van der Waals surface area contributed by atoms with Crippen molar-refractivity contribution in [1.29, 1.82) is 0 Å². The van der Waals surface area contributed by atoms with Gasteiger partial charge in [0.25, 0.3) is 0 Å². The van der Waals surface area contributed by atoms with Crippen molar-refractivity contribution in [3.05, 3.63) is 46.4 Å². The van der Waals surface area contributed by atoms with E-state index in [1.54, 1.807) is 17.5 Å². The van der Waals surface area contributed by atoms with Crippen LogP contribution in [0.4, 0.5) is 5.69 Å². The van der Waals surface area contributed by atoms with Gasteiger partial charge in [-0.25, -0.2) is 4.98 Å². The Morgan fingerprint density at radius 3 is 2.79 bits per heavy atom. The fourth-order valence-corrected chi connectivity index (χ4v) is 2.36. The second-order valence-electron chi connectivity index (χ2n) is 4.47. The lowest BCUT2D eigenvalue weighted by atomic mass is 9.97. The highest BCUT2D eigenvalue weighted by Crippen LogP contribution is 2.20. The number of rotatable bonds is 5. The number of hydrogen-bond acceptors (Lipinski definition) is 4. The number of carbonyl (C=O) groups is 1. The molecule has 4 nitrogen and oxygen atoms in total. The van der Waals surface area contributed by atoms with Gasteiger partial charge in [0, 0.05) is 23.7 Å². The Hall–Kier alpha value is -1.88. The molecule has 0 radical (unpaired) electrons. The molecule has 0 aliphatic rings. The molecule has 3 N–H and O–H groups in total. The zero-order chi connectivity index (χ0) is 13.7. The summed E-state index contributed by atoms with van der Waals surface area (Å²) in [7, 11) is 0. The number of aromatic nitrogens is 1. The number of nitrogens with one attached hydrogen (secondary N) is 1. The van der Waals surface area contributed by atoms with Gasteiger partial charge in [0.15, 0.2) is 0 Å². The largest absolute Gasteiger partial charge is 0.399 e. The third kappa shape index (κ3) is 4.06. The molecule has 0 aliphatic heterocycles. The van der Waals surface area contributed by atoms with Crippen LogP contribution in [0.2, 0.25) is 0 Å². The molecule has 100 valence electrons. The maximum absolute atomic E-state index is 11.8. The van der Waals surface area contributed by atoms with E-state index in [1.165, 1.54) is 0 Å². The SMILES string of the molecule is CC(CC(=O)NCc1nccs1)c1ccc(N)cc1. The molecule has 5 heteroatoms. The van der Waals surface area contributed by atoms with Gasteiger partial charge in [-0.3, -0.25) is 4.79 Å². The predicted molar refractivity (Wildman–Crippen MR) is 77.8 cm³/mol. The van der Waals surface area contributed by atoms with Crippen molar-refractivity contribution in [2.75, 3.05) is 5.73 Å². The number of amides is 1. The van der Waals surface area contributed by atoms with Crippen molar-refractivity contribution >= 4 is 22.9 Å². The van der Waals surface area contributed by atoms with Crippen LogP contribution in [0.3, 0.4) is 0 Å². The maximum atomic E-state index is 11.8. The zero-order valence-electron chi connectivity index (χ0n) is 10.8. The number of nitrogen functional groups attached to an aromatic ring is 1. The average Bonchev–Trinajstić information content (AvgIpc) is 2.90. The van der Waals surface area contributed by atoms with Crippen molar-refractivity contribution in [3.63, 3.8) is 0 Å². The van der Waals surface area contributed by atoms with E-state index in [9.17, 15) is 4.79 Å². The van der Waals surface area contributed by atoms with Gasteiger partial charge >= 0.3 is 0 Å². The van der Waals surface area contributed by atoms with Crippen LogP contribution >= 0.6 is 11.3 Å². The van der Waals surface area contributed by atoms with Crippen molar-refractivity contribution < 1.29 is 4.79 Å². The third-order valence-electron chi connectivity index (χ3n) is 2.92. The van der Waals surface area contributed by atoms with Gasteiger partial charge in [-0.05, 0) is 23.6 Å². The number of anilines is 1. The van der Waals surface area contributed by atoms with Gasteiger partial charge < -0.3 is 11.1 Å². The molecule has 2 rings (SSSR count). The molecule has 1 atom stereocenters. The lowest BCUT2D eigenvalue weighted by Crippen LogP contribution is -2.23. The molecule has 0 fully saturated rings. The van der Waals surface area contributed by atoms with E-state index in [0.29, 0.717) is 13.0 Å². The number of benzene rings is 1. The first kappa shape index (κ1) is 13.5. The van der Waals surface area contributed by atoms with Gasteiger partial charge in [-0.2, -0.15) is 0 Å². The molecule has 0 bridgehead atoms. The Labute approximate surface area is 116 Å². The molecule has 0 spiro atoms. The van der Waals surface area contributed by atoms with E-state index < -0.39 is 0 Å². The van der Waals surface area contributed by atoms with Gasteiger partial charge in [-0.15, -0.1) is 11.3 Å². The predicted octanol–water partition coefficient (Wildman–Crippen LogP) is 2.54. The van der Waals surface area contributed by atoms with Crippen LogP contribution in [-0.2, 0) is 11.3 Å². The van der Waals surface area contributed by atoms with E-state index in [-0.39, 0.29) is 11.8 Å². The van der Waals surface area contributed by atoms with Crippen LogP contribution in [0.5, 0.6) is 0 Å². The topological polar surface area (TPSA) is 68.0 Å². The fourth-order valence-electron chi connectivity index (χ4n) is 1.81. The number of nitrogens with zero attached hydrogens (tertiary/aromatic N) is 1. The molecular formula is C14H17N3OS. The Morgan fingerprint density at radius 2 is 2.16 bits per heavy atom. The average molecular weight is 275 g/mol. The molecule has 0 saturated carbocycles. The summed E-state index contributed by atoms with van der Waals surface area (Å²) in [5.41, 5.74) is 7.51. The molecule has 1 aromatic carbocycles. The zero-order valence-corrected chi connectivity index (χ0v) is 11.6. The fraction of sp³-hybridized carbons (Fsp3) is 0.286. The van der Waals surface area contributed by atoms with Gasteiger partial charge in [0.1, 0.15) is 5.01 Å². The summed E-state index contributed by atoms with van der Waals surface area (Å²) in [5, 5.41) is 5.71. The molecule has 1 unspecified atom stereocenters. The lowest BCUT2D eigenvalue weighted by molar-refractivity contribution is -0.121. The monoisotopic (exact) mass is 275 g/mol. The molecule has 19 heavy (non-hydrogen) atoms. The summed E-state index contributed by atoms with van der Waals surface area (Å²) >= 11 is 1.54. The Kier molecular flexibility index (Phi) is 4.52. The third-order valence-corrected chi connectivity index (χ3v) is 3.70. The number of thiazole rings is 1. The summed E-state index contributed by atoms with van der Waals surface area (Å²) in [6, 6.07) is 7.65. The van der Waals surface area contributed by atoms with Gasteiger partial charge in [-0.1, -0.05) is 19.1 Å². The highest BCUT2D eigenvalue weighted by Gasteiger charge is 2.11. The second kappa shape index (κ2) is 6.33. The normalized spacial score (nSPS) is 12.1. The minimum Gasteiger partial charge on any atom is -0.399 e.